The summed E-state index contributed by atoms with van der Waals surface area (Å²) in [5.74, 6) is -3.46. The quantitative estimate of drug-likeness (QED) is 0.0283. The number of hydrogen-bond acceptors (Lipinski definition) is 8. The van der Waals surface area contributed by atoms with Gasteiger partial charge in [0.05, 0.1) is 59.8 Å². The van der Waals surface area contributed by atoms with Crippen LogP contribution in [0.4, 0.5) is 20.2 Å². The number of nitrogens with zero attached hydrogens (tertiary/aromatic N) is 2. The molecule has 0 bridgehead atoms. The van der Waals surface area contributed by atoms with Crippen LogP contribution in [0.2, 0.25) is 0 Å². The second-order valence-corrected chi connectivity index (χ2v) is 21.2. The summed E-state index contributed by atoms with van der Waals surface area (Å²) in [6.07, 6.45) is -2.50. The molecule has 2 aromatic heterocycles. The molecule has 0 saturated heterocycles. The summed E-state index contributed by atoms with van der Waals surface area (Å²) in [6.45, 7) is 8.72. The van der Waals surface area contributed by atoms with Crippen molar-refractivity contribution >= 4 is 72.9 Å². The summed E-state index contributed by atoms with van der Waals surface area (Å²) in [7, 11) is 2.86. The van der Waals surface area contributed by atoms with E-state index in [0.29, 0.717) is 35.6 Å². The maximum Gasteiger partial charge on any atom is 2.00 e. The zero-order valence-electron chi connectivity index (χ0n) is 48.9. The van der Waals surface area contributed by atoms with Gasteiger partial charge in [-0.15, -0.1) is 0 Å². The van der Waals surface area contributed by atoms with Crippen molar-refractivity contribution in [3.63, 3.8) is 0 Å². The molecule has 0 aliphatic rings. The average Bonchev–Trinajstić information content (AvgIpc) is 1.92. The molecule has 0 aliphatic heterocycles. The third-order valence-electron chi connectivity index (χ3n) is 14.5. The van der Waals surface area contributed by atoms with Gasteiger partial charge in [-0.2, -0.15) is 0 Å². The standard InChI is InChI=1S/2C34H37FN2O5.Ca/c2*1-22(2)32-31(34(41)36-26-12-8-5-9-13-26)30(23-10-6-4-7-11-23)33(24-14-16-25(35)17-15-24)37(32)19-18-27(38)20-28(42-3)21-29(39)40;/h2*4-17,22,27-28,38H,18-21H2,1-3H3,(H,36,41)(H,39,40);/q;;+2/t2*27-,28?;/m11./s1. The normalized spacial score (nSPS) is 12.6. The van der Waals surface area contributed by atoms with E-state index in [1.807, 2.05) is 158 Å². The van der Waals surface area contributed by atoms with Crippen LogP contribution in [0, 0.1) is 11.6 Å². The molecule has 6 aromatic carbocycles. The van der Waals surface area contributed by atoms with E-state index in [0.717, 1.165) is 56.2 Å². The van der Waals surface area contributed by atoms with Crippen LogP contribution < -0.4 is 10.6 Å². The fourth-order valence-corrected chi connectivity index (χ4v) is 10.7. The smallest absolute Gasteiger partial charge is 0.481 e. The summed E-state index contributed by atoms with van der Waals surface area (Å²) in [4.78, 5) is 50.6. The van der Waals surface area contributed by atoms with E-state index in [9.17, 15) is 48.4 Å². The molecule has 440 valence electrons. The molecule has 4 atom stereocenters. The molecule has 8 rings (SSSR count). The number of anilines is 2. The van der Waals surface area contributed by atoms with Crippen molar-refractivity contribution in [1.29, 1.82) is 0 Å². The molecule has 2 unspecified atom stereocenters. The number of nitrogens with one attached hydrogen (secondary N) is 2. The van der Waals surface area contributed by atoms with Crippen LogP contribution in [-0.4, -0.2) is 130 Å². The number of aromatic nitrogens is 2. The number of carboxylic acid groups (broad SMARTS) is 2. The number of carbonyl (C=O) groups excluding carboxylic acids is 2. The summed E-state index contributed by atoms with van der Waals surface area (Å²) in [6, 6.07) is 50.1. The Morgan fingerprint density at radius 1 is 0.471 bits per heavy atom. The van der Waals surface area contributed by atoms with E-state index in [1.54, 1.807) is 24.3 Å². The van der Waals surface area contributed by atoms with Gasteiger partial charge in [-0.3, -0.25) is 19.2 Å². The van der Waals surface area contributed by atoms with Gasteiger partial charge in [0.25, 0.3) is 11.8 Å². The second-order valence-electron chi connectivity index (χ2n) is 21.2. The number of hydrogen-bond donors (Lipinski definition) is 6. The monoisotopic (exact) mass is 1180 g/mol. The maximum absolute atomic E-state index is 14.1. The number of ether oxygens (including phenoxy) is 2. The number of carbonyl (C=O) groups is 4. The Morgan fingerprint density at radius 2 is 0.776 bits per heavy atom. The number of methoxy groups -OCH3 is 2. The van der Waals surface area contributed by atoms with Crippen molar-refractivity contribution < 1.29 is 57.9 Å². The maximum atomic E-state index is 14.1. The van der Waals surface area contributed by atoms with Crippen molar-refractivity contribution in [1.82, 2.24) is 9.13 Å². The van der Waals surface area contributed by atoms with E-state index in [1.165, 1.54) is 38.5 Å². The molecule has 0 saturated carbocycles. The van der Waals surface area contributed by atoms with Gasteiger partial charge in [-0.1, -0.05) is 125 Å². The Labute approximate surface area is 525 Å². The van der Waals surface area contributed by atoms with Gasteiger partial charge in [0.1, 0.15) is 11.6 Å². The Hall–Kier alpha value is -7.28. The van der Waals surface area contributed by atoms with Crippen molar-refractivity contribution in [2.75, 3.05) is 24.9 Å². The van der Waals surface area contributed by atoms with E-state index in [2.05, 4.69) is 10.6 Å². The van der Waals surface area contributed by atoms with Crippen LogP contribution in [-0.2, 0) is 32.2 Å². The number of aliphatic hydroxyl groups is 2. The van der Waals surface area contributed by atoms with Gasteiger partial charge in [-0.25, -0.2) is 8.78 Å². The molecule has 0 aliphatic carbocycles. The van der Waals surface area contributed by atoms with E-state index in [4.69, 9.17) is 9.47 Å². The molecule has 6 N–H and O–H groups in total. The fourth-order valence-electron chi connectivity index (χ4n) is 10.7. The fraction of sp³-hybridized carbons (Fsp3) is 0.294. The van der Waals surface area contributed by atoms with E-state index < -0.39 is 36.4 Å². The summed E-state index contributed by atoms with van der Waals surface area (Å²) in [5, 5.41) is 46.3. The Bertz CT molecular complexity index is 3200. The van der Waals surface area contributed by atoms with Crippen LogP contribution >= 0.6 is 0 Å². The van der Waals surface area contributed by atoms with Gasteiger partial charge in [-0.05, 0) is 120 Å². The molecule has 8 aromatic rings. The summed E-state index contributed by atoms with van der Waals surface area (Å²) in [5.41, 5.74) is 9.93. The minimum absolute atomic E-state index is 0. The average molecular weight is 1190 g/mol. The van der Waals surface area contributed by atoms with Gasteiger partial charge in [0.15, 0.2) is 0 Å². The zero-order chi connectivity index (χ0) is 60.5. The first-order chi connectivity index (χ1) is 40.4. The molecule has 85 heavy (non-hydrogen) atoms. The Balaban J connectivity index is 0.000000269. The topological polar surface area (TPSA) is 202 Å². The predicted molar refractivity (Wildman–Crippen MR) is 330 cm³/mol. The molecule has 2 heterocycles. The number of amides is 2. The molecule has 14 nitrogen and oxygen atoms in total. The first-order valence-corrected chi connectivity index (χ1v) is 28.1. The number of aliphatic hydroxyl groups excluding tert-OH is 2. The first kappa shape index (κ1) is 66.9. The second kappa shape index (κ2) is 32.3. The zero-order valence-corrected chi connectivity index (χ0v) is 51.1. The number of benzene rings is 6. The minimum Gasteiger partial charge on any atom is -0.481 e. The van der Waals surface area contributed by atoms with Crippen LogP contribution in [0.15, 0.2) is 170 Å². The number of para-hydroxylation sites is 2. The molecule has 2 amide bonds. The molecular weight excluding hydrogens is 1110 g/mol. The van der Waals surface area contributed by atoms with Crippen molar-refractivity contribution in [3.8, 4) is 44.8 Å². The van der Waals surface area contributed by atoms with Gasteiger partial charge < -0.3 is 49.7 Å². The minimum atomic E-state index is -0.998. The van der Waals surface area contributed by atoms with Crippen molar-refractivity contribution in [2.45, 2.75) is 116 Å². The van der Waals surface area contributed by atoms with Gasteiger partial charge >= 0.3 is 49.7 Å². The third kappa shape index (κ3) is 17.9. The molecular formula is C68H74CaF2N4O10+2. The van der Waals surface area contributed by atoms with Crippen LogP contribution in [0.1, 0.15) is 110 Å². The first-order valence-electron chi connectivity index (χ1n) is 28.1. The number of carboxylic acids is 2. The van der Waals surface area contributed by atoms with Gasteiger partial charge in [0, 0.05) is 74.0 Å². The number of aliphatic carboxylic acids is 2. The predicted octanol–water partition coefficient (Wildman–Crippen LogP) is 13.6. The molecule has 0 radical (unpaired) electrons. The van der Waals surface area contributed by atoms with Crippen molar-refractivity contribution in [2.24, 2.45) is 0 Å². The van der Waals surface area contributed by atoms with E-state index >= 15 is 0 Å². The number of halogens is 2. The van der Waals surface area contributed by atoms with E-state index in [-0.39, 0.29) is 112 Å². The Morgan fingerprint density at radius 3 is 1.06 bits per heavy atom. The molecule has 0 fully saturated rings. The summed E-state index contributed by atoms with van der Waals surface area (Å²) < 4.78 is 42.8. The van der Waals surface area contributed by atoms with Gasteiger partial charge in [0.2, 0.25) is 0 Å². The molecule has 0 spiro atoms. The SMILES string of the molecule is COC(CC(=O)O)C[C@H](O)CCn1c(-c2ccc(F)cc2)c(-c2ccccc2)c(C(=O)Nc2ccccc2)c1C(C)C.COC(CC(=O)O)C[C@H](O)CCn1c(-c2ccc(F)cc2)c(-c2ccccc2)c(C(=O)Nc2ccccc2)c1C(C)C.[Ca+2]. The third-order valence-corrected chi connectivity index (χ3v) is 14.5. The Kier molecular flexibility index (Phi) is 25.4. The molecule has 17 heteroatoms. The van der Waals surface area contributed by atoms with Crippen LogP contribution in [0.3, 0.4) is 0 Å². The van der Waals surface area contributed by atoms with Crippen molar-refractivity contribution in [3.05, 3.63) is 204 Å². The van der Waals surface area contributed by atoms with Crippen LogP contribution in [0.5, 0.6) is 0 Å². The summed E-state index contributed by atoms with van der Waals surface area (Å²) >= 11 is 0. The van der Waals surface area contributed by atoms with Crippen LogP contribution in [0.25, 0.3) is 44.8 Å². The largest absolute Gasteiger partial charge is 2.00 e. The number of rotatable bonds is 26.